The van der Waals surface area contributed by atoms with Crippen molar-refractivity contribution >= 4 is 46.3 Å². The van der Waals surface area contributed by atoms with Crippen LogP contribution in [0.1, 0.15) is 69.4 Å². The minimum Gasteiger partial charge on any atom is -0.395 e. The average Bonchev–Trinajstić information content (AvgIpc) is 3.29. The number of nitrogens with zero attached hydrogens (tertiary/aromatic N) is 3. The number of nitrogens with one attached hydrogen (secondary N) is 1. The summed E-state index contributed by atoms with van der Waals surface area (Å²) in [7, 11) is 3.88. The number of aryl methyl sites for hydroxylation is 1. The molecule has 0 unspecified atom stereocenters. The first-order chi connectivity index (χ1) is 18.2. The molecule has 4 rings (SSSR count). The van der Waals surface area contributed by atoms with Gasteiger partial charge in [-0.1, -0.05) is 49.1 Å². The lowest BCUT2D eigenvalue weighted by Crippen LogP contribution is -2.47. The molecule has 0 bridgehead atoms. The zero-order valence-electron chi connectivity index (χ0n) is 21.9. The van der Waals surface area contributed by atoms with Crippen molar-refractivity contribution in [1.82, 2.24) is 9.69 Å². The number of hydrogen-bond donors (Lipinski definition) is 3. The second kappa shape index (κ2) is 11.6. The van der Waals surface area contributed by atoms with Crippen LogP contribution in [-0.4, -0.2) is 42.2 Å². The molecule has 1 aliphatic carbocycles. The summed E-state index contributed by atoms with van der Waals surface area (Å²) in [4.78, 5) is 43.4. The molecule has 38 heavy (non-hydrogen) atoms. The molecular formula is C28H34N6O3S. The lowest BCUT2D eigenvalue weighted by Gasteiger charge is -2.33. The van der Waals surface area contributed by atoms with Crippen molar-refractivity contribution in [3.8, 4) is 0 Å². The van der Waals surface area contributed by atoms with E-state index < -0.39 is 17.9 Å². The smallest absolute Gasteiger partial charge is 0.273 e. The number of amides is 3. The van der Waals surface area contributed by atoms with Crippen LogP contribution >= 0.6 is 11.5 Å². The number of carbonyl (C=O) groups is 3. The molecule has 1 aromatic heterocycles. The van der Waals surface area contributed by atoms with Gasteiger partial charge in [-0.3, -0.25) is 19.3 Å². The monoisotopic (exact) mass is 534 g/mol. The fraction of sp³-hybridized carbons (Fsp3) is 0.357. The van der Waals surface area contributed by atoms with Crippen LogP contribution < -0.4 is 26.6 Å². The van der Waals surface area contributed by atoms with Crippen molar-refractivity contribution in [2.45, 2.75) is 51.1 Å². The van der Waals surface area contributed by atoms with Crippen molar-refractivity contribution < 1.29 is 14.4 Å². The van der Waals surface area contributed by atoms with Gasteiger partial charge in [-0.2, -0.15) is 4.37 Å². The van der Waals surface area contributed by atoms with Crippen molar-refractivity contribution in [2.75, 3.05) is 29.6 Å². The van der Waals surface area contributed by atoms with Gasteiger partial charge >= 0.3 is 0 Å². The second-order valence-corrected chi connectivity index (χ2v) is 10.7. The number of nitrogen functional groups attached to an aromatic ring is 1. The molecule has 0 spiro atoms. The molecule has 9 nitrogen and oxygen atoms in total. The summed E-state index contributed by atoms with van der Waals surface area (Å²) in [5.74, 6) is -1.62. The van der Waals surface area contributed by atoms with E-state index in [2.05, 4.69) is 9.69 Å². The molecule has 3 aromatic rings. The van der Waals surface area contributed by atoms with E-state index in [0.29, 0.717) is 11.3 Å². The Labute approximate surface area is 227 Å². The van der Waals surface area contributed by atoms with E-state index >= 15 is 0 Å². The number of aromatic nitrogens is 1. The molecular weight excluding hydrogens is 500 g/mol. The first-order valence-corrected chi connectivity index (χ1v) is 13.5. The summed E-state index contributed by atoms with van der Waals surface area (Å²) < 4.78 is 4.02. The van der Waals surface area contributed by atoms with E-state index in [1.54, 1.807) is 12.1 Å². The third kappa shape index (κ3) is 5.80. The maximum absolute atomic E-state index is 14.1. The predicted molar refractivity (Wildman–Crippen MR) is 152 cm³/mol. The number of benzene rings is 2. The molecule has 1 heterocycles. The highest BCUT2D eigenvalue weighted by Crippen LogP contribution is 2.34. The third-order valence-electron chi connectivity index (χ3n) is 6.87. The van der Waals surface area contributed by atoms with E-state index in [1.165, 1.54) is 4.90 Å². The summed E-state index contributed by atoms with van der Waals surface area (Å²) in [6, 6.07) is 14.0. The topological polar surface area (TPSA) is 135 Å². The summed E-state index contributed by atoms with van der Waals surface area (Å²) >= 11 is 0.800. The zero-order valence-corrected chi connectivity index (χ0v) is 22.8. The molecule has 0 saturated heterocycles. The Morgan fingerprint density at radius 1 is 0.974 bits per heavy atom. The summed E-state index contributed by atoms with van der Waals surface area (Å²) in [5.41, 5.74) is 14.5. The van der Waals surface area contributed by atoms with Crippen LogP contribution in [0.5, 0.6) is 0 Å². The maximum atomic E-state index is 14.1. The lowest BCUT2D eigenvalue weighted by atomic mass is 9.94. The van der Waals surface area contributed by atoms with Gasteiger partial charge < -0.3 is 21.7 Å². The fourth-order valence-electron chi connectivity index (χ4n) is 4.73. The molecule has 0 aliphatic heterocycles. The minimum atomic E-state index is -0.984. The second-order valence-electron chi connectivity index (χ2n) is 9.88. The molecule has 1 aliphatic rings. The summed E-state index contributed by atoms with van der Waals surface area (Å²) in [6.07, 6.45) is 5.07. The molecule has 1 fully saturated rings. The number of nitrogens with two attached hydrogens (primary N) is 2. The minimum absolute atomic E-state index is 0.0460. The number of hydrogen-bond acceptors (Lipinski definition) is 7. The highest BCUT2D eigenvalue weighted by molar-refractivity contribution is 7.09. The van der Waals surface area contributed by atoms with Crippen LogP contribution in [0.4, 0.5) is 17.1 Å². The van der Waals surface area contributed by atoms with E-state index in [-0.39, 0.29) is 28.2 Å². The van der Waals surface area contributed by atoms with Gasteiger partial charge in [-0.25, -0.2) is 0 Å². The Hall–Kier alpha value is -3.92. The number of carbonyl (C=O) groups excluding carboxylic acids is 3. The van der Waals surface area contributed by atoms with Gasteiger partial charge in [0.25, 0.3) is 11.8 Å². The summed E-state index contributed by atoms with van der Waals surface area (Å²) in [6.45, 7) is 1.95. The number of rotatable bonds is 8. The molecule has 200 valence electrons. The summed E-state index contributed by atoms with van der Waals surface area (Å²) in [5, 5.41) is 3.20. The average molecular weight is 535 g/mol. The number of anilines is 3. The van der Waals surface area contributed by atoms with E-state index in [9.17, 15) is 14.4 Å². The number of primary amides is 1. The van der Waals surface area contributed by atoms with Crippen molar-refractivity contribution in [3.63, 3.8) is 0 Å². The molecule has 2 aromatic carbocycles. The Morgan fingerprint density at radius 2 is 1.58 bits per heavy atom. The fourth-order valence-corrected chi connectivity index (χ4v) is 5.47. The Morgan fingerprint density at radius 3 is 2.13 bits per heavy atom. The highest BCUT2D eigenvalue weighted by Gasteiger charge is 2.37. The van der Waals surface area contributed by atoms with Crippen LogP contribution in [0.2, 0.25) is 0 Å². The standard InChI is InChI=1S/C28H34N6O3S/c1-17-9-13-21(14-10-17)34(28(37)25-22(29)23(26(30)35)32-38-25)24(18-11-15-20(16-12-18)33(2)3)27(36)31-19-7-5-4-6-8-19/h9-16,19,24H,4-8,29H2,1-3H3,(H2,30,35)(H,31,36)/t24-/m0/s1. The predicted octanol–water partition coefficient (Wildman–Crippen LogP) is 4.04. The zero-order chi connectivity index (χ0) is 27.4. The van der Waals surface area contributed by atoms with Crippen molar-refractivity contribution in [2.24, 2.45) is 5.73 Å². The Balaban J connectivity index is 1.84. The largest absolute Gasteiger partial charge is 0.395 e. The van der Waals surface area contributed by atoms with Crippen LogP contribution in [0.3, 0.4) is 0 Å². The first kappa shape index (κ1) is 27.1. The van der Waals surface area contributed by atoms with Crippen LogP contribution in [0.25, 0.3) is 0 Å². The Kier molecular flexibility index (Phi) is 8.31. The molecule has 1 saturated carbocycles. The maximum Gasteiger partial charge on any atom is 0.273 e. The molecule has 3 amide bonds. The van der Waals surface area contributed by atoms with Gasteiger partial charge in [0.15, 0.2) is 5.69 Å². The Bertz CT molecular complexity index is 1300. The molecule has 1 atom stereocenters. The van der Waals surface area contributed by atoms with Crippen LogP contribution in [0.15, 0.2) is 48.5 Å². The quantitative estimate of drug-likeness (QED) is 0.399. The molecule has 10 heteroatoms. The van der Waals surface area contributed by atoms with Crippen LogP contribution in [-0.2, 0) is 4.79 Å². The normalized spacial score (nSPS) is 14.5. The lowest BCUT2D eigenvalue weighted by molar-refractivity contribution is -0.123. The first-order valence-electron chi connectivity index (χ1n) is 12.7. The SMILES string of the molecule is Cc1ccc(N(C(=O)c2snc(C(N)=O)c2N)[C@H](C(=O)NC2CCCCC2)c2ccc(N(C)C)cc2)cc1. The van der Waals surface area contributed by atoms with Gasteiger partial charge in [-0.15, -0.1) is 0 Å². The highest BCUT2D eigenvalue weighted by atomic mass is 32.1. The van der Waals surface area contributed by atoms with E-state index in [4.69, 9.17) is 11.5 Å². The third-order valence-corrected chi connectivity index (χ3v) is 7.72. The van der Waals surface area contributed by atoms with Gasteiger partial charge in [-0.05, 0) is 61.1 Å². The van der Waals surface area contributed by atoms with Gasteiger partial charge in [0.2, 0.25) is 5.91 Å². The van der Waals surface area contributed by atoms with Gasteiger partial charge in [0.1, 0.15) is 10.9 Å². The van der Waals surface area contributed by atoms with Crippen LogP contribution in [0, 0.1) is 6.92 Å². The molecule has 0 radical (unpaired) electrons. The van der Waals surface area contributed by atoms with Gasteiger partial charge in [0, 0.05) is 31.5 Å². The van der Waals surface area contributed by atoms with E-state index in [0.717, 1.165) is 54.9 Å². The van der Waals surface area contributed by atoms with Crippen molar-refractivity contribution in [3.05, 3.63) is 70.2 Å². The van der Waals surface area contributed by atoms with Gasteiger partial charge in [0.05, 0.1) is 5.69 Å². The van der Waals surface area contributed by atoms with E-state index in [1.807, 2.05) is 62.3 Å². The van der Waals surface area contributed by atoms with Crippen molar-refractivity contribution in [1.29, 1.82) is 0 Å². The molecule has 5 N–H and O–H groups in total.